The van der Waals surface area contributed by atoms with Crippen molar-refractivity contribution in [3.05, 3.63) is 34.5 Å². The SMILES string of the molecule is CCNC(=O)Cc1c(C(=O)O)[nH]c2cc(Cl)ccc12. The molecule has 3 N–H and O–H groups in total. The zero-order valence-corrected chi connectivity index (χ0v) is 11.0. The first-order chi connectivity index (χ1) is 9.02. The lowest BCUT2D eigenvalue weighted by Gasteiger charge is -2.02. The molecule has 0 saturated carbocycles. The number of amides is 1. The molecule has 0 spiro atoms. The number of halogens is 1. The van der Waals surface area contributed by atoms with E-state index in [1.807, 2.05) is 6.92 Å². The number of nitrogens with one attached hydrogen (secondary N) is 2. The van der Waals surface area contributed by atoms with Gasteiger partial charge in [0.1, 0.15) is 5.69 Å². The molecule has 0 atom stereocenters. The van der Waals surface area contributed by atoms with Crippen LogP contribution in [0.4, 0.5) is 0 Å². The standard InChI is InChI=1S/C13H13ClN2O3/c1-2-15-11(17)6-9-8-4-3-7(14)5-10(8)16-12(9)13(18)19/h3-5,16H,2,6H2,1H3,(H,15,17)(H,18,19). The molecule has 2 rings (SSSR count). The minimum Gasteiger partial charge on any atom is -0.477 e. The largest absolute Gasteiger partial charge is 0.477 e. The Morgan fingerprint density at radius 3 is 2.79 bits per heavy atom. The van der Waals surface area contributed by atoms with Crippen LogP contribution in [0.25, 0.3) is 10.9 Å². The van der Waals surface area contributed by atoms with E-state index in [-0.39, 0.29) is 18.0 Å². The van der Waals surface area contributed by atoms with Gasteiger partial charge in [-0.15, -0.1) is 0 Å². The van der Waals surface area contributed by atoms with Gasteiger partial charge < -0.3 is 15.4 Å². The van der Waals surface area contributed by atoms with Gasteiger partial charge >= 0.3 is 5.97 Å². The molecule has 1 aromatic heterocycles. The summed E-state index contributed by atoms with van der Waals surface area (Å²) in [5, 5.41) is 13.0. The molecule has 1 amide bonds. The van der Waals surface area contributed by atoms with Crippen molar-refractivity contribution in [1.82, 2.24) is 10.3 Å². The van der Waals surface area contributed by atoms with Crippen LogP contribution < -0.4 is 5.32 Å². The summed E-state index contributed by atoms with van der Waals surface area (Å²) in [6.07, 6.45) is 0.0249. The summed E-state index contributed by atoms with van der Waals surface area (Å²) in [7, 11) is 0. The number of aromatic nitrogens is 1. The molecule has 0 radical (unpaired) electrons. The Hall–Kier alpha value is -2.01. The first-order valence-electron chi connectivity index (χ1n) is 5.83. The van der Waals surface area contributed by atoms with Crippen molar-refractivity contribution in [1.29, 1.82) is 0 Å². The van der Waals surface area contributed by atoms with Crippen molar-refractivity contribution in [2.75, 3.05) is 6.54 Å². The molecular weight excluding hydrogens is 268 g/mol. The fraction of sp³-hybridized carbons (Fsp3) is 0.231. The summed E-state index contributed by atoms with van der Waals surface area (Å²) in [4.78, 5) is 25.7. The summed E-state index contributed by atoms with van der Waals surface area (Å²) in [6.45, 7) is 2.32. The molecule has 1 heterocycles. The van der Waals surface area contributed by atoms with Crippen molar-refractivity contribution < 1.29 is 14.7 Å². The zero-order chi connectivity index (χ0) is 14.0. The van der Waals surface area contributed by atoms with Crippen molar-refractivity contribution in [3.8, 4) is 0 Å². The van der Waals surface area contributed by atoms with E-state index in [1.165, 1.54) is 0 Å². The molecular formula is C13H13ClN2O3. The summed E-state index contributed by atoms with van der Waals surface area (Å²) in [5.74, 6) is -1.30. The second-order valence-corrected chi connectivity index (χ2v) is 4.54. The molecule has 0 fully saturated rings. The second-order valence-electron chi connectivity index (χ2n) is 4.10. The van der Waals surface area contributed by atoms with Crippen LogP contribution in [0.15, 0.2) is 18.2 Å². The van der Waals surface area contributed by atoms with Crippen molar-refractivity contribution in [3.63, 3.8) is 0 Å². The molecule has 0 aliphatic carbocycles. The second kappa shape index (κ2) is 5.32. The van der Waals surface area contributed by atoms with E-state index in [0.717, 1.165) is 0 Å². The lowest BCUT2D eigenvalue weighted by Crippen LogP contribution is -2.25. The van der Waals surface area contributed by atoms with Gasteiger partial charge in [0.2, 0.25) is 5.91 Å². The first kappa shape index (κ1) is 13.4. The number of likely N-dealkylation sites (N-methyl/N-ethyl adjacent to an activating group) is 1. The molecule has 1 aromatic carbocycles. The smallest absolute Gasteiger partial charge is 0.352 e. The summed E-state index contributed by atoms with van der Waals surface area (Å²) in [6, 6.07) is 5.03. The molecule has 5 nitrogen and oxygen atoms in total. The number of carbonyl (C=O) groups is 2. The molecule has 19 heavy (non-hydrogen) atoms. The van der Waals surface area contributed by atoms with Gasteiger partial charge in [0.05, 0.1) is 6.42 Å². The van der Waals surface area contributed by atoms with Crippen molar-refractivity contribution in [2.24, 2.45) is 0 Å². The quantitative estimate of drug-likeness (QED) is 0.803. The summed E-state index contributed by atoms with van der Waals surface area (Å²) >= 11 is 5.87. The van der Waals surface area contributed by atoms with E-state index < -0.39 is 5.97 Å². The Morgan fingerprint density at radius 2 is 2.16 bits per heavy atom. The van der Waals surface area contributed by atoms with Crippen LogP contribution in [0.5, 0.6) is 0 Å². The Bertz CT molecular complexity index is 649. The third-order valence-electron chi connectivity index (χ3n) is 2.79. The van der Waals surface area contributed by atoms with Crippen LogP contribution in [0.1, 0.15) is 23.0 Å². The Balaban J connectivity index is 2.52. The van der Waals surface area contributed by atoms with Crippen LogP contribution in [-0.4, -0.2) is 28.5 Å². The van der Waals surface area contributed by atoms with E-state index in [2.05, 4.69) is 10.3 Å². The van der Waals surface area contributed by atoms with E-state index in [4.69, 9.17) is 11.6 Å². The van der Waals surface area contributed by atoms with Crippen LogP contribution in [0.2, 0.25) is 5.02 Å². The van der Waals surface area contributed by atoms with E-state index in [0.29, 0.717) is 28.0 Å². The monoisotopic (exact) mass is 280 g/mol. The molecule has 0 saturated heterocycles. The number of carboxylic acid groups (broad SMARTS) is 1. The molecule has 0 aliphatic rings. The number of fused-ring (bicyclic) bond motifs is 1. The Kier molecular flexibility index (Phi) is 3.76. The minimum absolute atomic E-state index is 0.0249. The Labute approximate surface area is 114 Å². The highest BCUT2D eigenvalue weighted by molar-refractivity contribution is 6.31. The van der Waals surface area contributed by atoms with Gasteiger partial charge in [-0.25, -0.2) is 4.79 Å². The third kappa shape index (κ3) is 2.71. The van der Waals surface area contributed by atoms with Gasteiger partial charge in [-0.3, -0.25) is 4.79 Å². The first-order valence-corrected chi connectivity index (χ1v) is 6.20. The molecule has 2 aromatic rings. The maximum atomic E-state index is 11.7. The highest BCUT2D eigenvalue weighted by Crippen LogP contribution is 2.26. The number of aromatic amines is 1. The predicted molar refractivity (Wildman–Crippen MR) is 72.7 cm³/mol. The number of carbonyl (C=O) groups excluding carboxylic acids is 1. The van der Waals surface area contributed by atoms with E-state index in [9.17, 15) is 14.7 Å². The number of hydrogen-bond acceptors (Lipinski definition) is 2. The third-order valence-corrected chi connectivity index (χ3v) is 3.03. The number of H-pyrrole nitrogens is 1. The van der Waals surface area contributed by atoms with Crippen LogP contribution in [0.3, 0.4) is 0 Å². The van der Waals surface area contributed by atoms with Crippen LogP contribution in [0, 0.1) is 0 Å². The maximum absolute atomic E-state index is 11.7. The number of carboxylic acids is 1. The fourth-order valence-electron chi connectivity index (χ4n) is 2.01. The number of rotatable bonds is 4. The molecule has 6 heteroatoms. The van der Waals surface area contributed by atoms with E-state index >= 15 is 0 Å². The molecule has 0 bridgehead atoms. The normalized spacial score (nSPS) is 10.6. The number of aromatic carboxylic acids is 1. The van der Waals surface area contributed by atoms with Gasteiger partial charge in [-0.05, 0) is 19.1 Å². The summed E-state index contributed by atoms with van der Waals surface area (Å²) in [5.41, 5.74) is 1.12. The number of benzene rings is 1. The highest BCUT2D eigenvalue weighted by atomic mass is 35.5. The van der Waals surface area contributed by atoms with Gasteiger partial charge in [0, 0.05) is 28.0 Å². The van der Waals surface area contributed by atoms with Gasteiger partial charge in [0.25, 0.3) is 0 Å². The van der Waals surface area contributed by atoms with E-state index in [1.54, 1.807) is 18.2 Å². The van der Waals surface area contributed by atoms with Gasteiger partial charge in [0.15, 0.2) is 0 Å². The highest BCUT2D eigenvalue weighted by Gasteiger charge is 2.19. The van der Waals surface area contributed by atoms with Crippen molar-refractivity contribution in [2.45, 2.75) is 13.3 Å². The topological polar surface area (TPSA) is 82.2 Å². The molecule has 100 valence electrons. The minimum atomic E-state index is -1.09. The molecule has 0 unspecified atom stereocenters. The fourth-order valence-corrected chi connectivity index (χ4v) is 2.19. The lowest BCUT2D eigenvalue weighted by atomic mass is 10.1. The number of hydrogen-bond donors (Lipinski definition) is 3. The van der Waals surface area contributed by atoms with Crippen LogP contribution >= 0.6 is 11.6 Å². The molecule has 0 aliphatic heterocycles. The van der Waals surface area contributed by atoms with Gasteiger partial charge in [-0.2, -0.15) is 0 Å². The van der Waals surface area contributed by atoms with Gasteiger partial charge in [-0.1, -0.05) is 17.7 Å². The van der Waals surface area contributed by atoms with Crippen molar-refractivity contribution >= 4 is 34.4 Å². The van der Waals surface area contributed by atoms with Crippen LogP contribution in [-0.2, 0) is 11.2 Å². The lowest BCUT2D eigenvalue weighted by molar-refractivity contribution is -0.120. The zero-order valence-electron chi connectivity index (χ0n) is 10.3. The Morgan fingerprint density at radius 1 is 1.42 bits per heavy atom. The summed E-state index contributed by atoms with van der Waals surface area (Å²) < 4.78 is 0. The predicted octanol–water partition coefficient (Wildman–Crippen LogP) is 2.20. The maximum Gasteiger partial charge on any atom is 0.352 e. The average Bonchev–Trinajstić information content (AvgIpc) is 2.67. The average molecular weight is 281 g/mol.